The van der Waals surface area contributed by atoms with Crippen LogP contribution >= 0.6 is 0 Å². The van der Waals surface area contributed by atoms with E-state index in [-0.39, 0.29) is 18.6 Å². The summed E-state index contributed by atoms with van der Waals surface area (Å²) in [5.41, 5.74) is 0. The number of carboxylic acids is 1. The molecule has 2 N–H and O–H groups in total. The molecule has 1 rings (SSSR count). The van der Waals surface area contributed by atoms with E-state index in [2.05, 4.69) is 17.5 Å². The van der Waals surface area contributed by atoms with E-state index >= 15 is 0 Å². The van der Waals surface area contributed by atoms with Crippen molar-refractivity contribution in [2.45, 2.75) is 32.2 Å². The van der Waals surface area contributed by atoms with Crippen LogP contribution in [0.3, 0.4) is 0 Å². The third kappa shape index (κ3) is 4.46. The molecule has 1 aliphatic carbocycles. The molecule has 2 atom stereocenters. The van der Waals surface area contributed by atoms with Gasteiger partial charge in [0.25, 0.3) is 0 Å². The highest BCUT2D eigenvalue weighted by Crippen LogP contribution is 2.11. The minimum absolute atomic E-state index is 0.176. The van der Waals surface area contributed by atoms with Gasteiger partial charge in [0, 0.05) is 19.6 Å². The van der Waals surface area contributed by atoms with E-state index in [9.17, 15) is 9.59 Å². The van der Waals surface area contributed by atoms with Gasteiger partial charge < -0.3 is 15.3 Å². The van der Waals surface area contributed by atoms with E-state index < -0.39 is 11.9 Å². The zero-order valence-electron chi connectivity index (χ0n) is 10.3. The normalized spacial score (nSPS) is 20.7. The maximum atomic E-state index is 11.8. The lowest BCUT2D eigenvalue weighted by Crippen LogP contribution is -2.45. The molecular formula is C12H20N2O3. The Morgan fingerprint density at radius 3 is 2.76 bits per heavy atom. The molecule has 0 bridgehead atoms. The Morgan fingerprint density at radius 1 is 1.53 bits per heavy atom. The highest BCUT2D eigenvalue weighted by molar-refractivity contribution is 5.76. The van der Waals surface area contributed by atoms with Gasteiger partial charge in [0.15, 0.2) is 0 Å². The zero-order chi connectivity index (χ0) is 12.8. The number of rotatable bonds is 4. The van der Waals surface area contributed by atoms with Gasteiger partial charge in [-0.15, -0.1) is 0 Å². The van der Waals surface area contributed by atoms with Crippen LogP contribution in [0.15, 0.2) is 12.2 Å². The van der Waals surface area contributed by atoms with Crippen molar-refractivity contribution in [3.05, 3.63) is 12.2 Å². The highest BCUT2D eigenvalue weighted by atomic mass is 16.4. The topological polar surface area (TPSA) is 69.6 Å². The second-order valence-corrected chi connectivity index (χ2v) is 4.55. The van der Waals surface area contributed by atoms with Gasteiger partial charge in [-0.2, -0.15) is 0 Å². The minimum atomic E-state index is -0.884. The van der Waals surface area contributed by atoms with E-state index in [1.54, 1.807) is 14.0 Å². The number of nitrogens with one attached hydrogen (secondary N) is 1. The Kier molecular flexibility index (Phi) is 5.00. The summed E-state index contributed by atoms with van der Waals surface area (Å²) in [5, 5.41) is 11.7. The molecule has 0 aromatic rings. The average Bonchev–Trinajstić information content (AvgIpc) is 2.29. The highest BCUT2D eigenvalue weighted by Gasteiger charge is 2.19. The standard InChI is InChI=1S/C12H20N2O3/c1-9(11(15)16)8-14(2)12(17)13-10-6-4-3-5-7-10/h3-4,9-10H,5-8H2,1-2H3,(H,13,17)(H,15,16). The first-order valence-electron chi connectivity index (χ1n) is 5.90. The number of amides is 2. The summed E-state index contributed by atoms with van der Waals surface area (Å²) in [4.78, 5) is 23.9. The molecule has 96 valence electrons. The fraction of sp³-hybridized carbons (Fsp3) is 0.667. The molecule has 0 aromatic carbocycles. The molecule has 17 heavy (non-hydrogen) atoms. The van der Waals surface area contributed by atoms with Gasteiger partial charge in [-0.05, 0) is 19.3 Å². The molecular weight excluding hydrogens is 220 g/mol. The van der Waals surface area contributed by atoms with Gasteiger partial charge in [-0.3, -0.25) is 4.79 Å². The number of hydrogen-bond donors (Lipinski definition) is 2. The lowest BCUT2D eigenvalue weighted by molar-refractivity contribution is -0.141. The Hall–Kier alpha value is -1.52. The summed E-state index contributed by atoms with van der Waals surface area (Å²) >= 11 is 0. The Morgan fingerprint density at radius 2 is 2.24 bits per heavy atom. The maximum absolute atomic E-state index is 11.8. The predicted molar refractivity (Wildman–Crippen MR) is 64.7 cm³/mol. The van der Waals surface area contributed by atoms with Gasteiger partial charge >= 0.3 is 12.0 Å². The number of hydrogen-bond acceptors (Lipinski definition) is 2. The summed E-state index contributed by atoms with van der Waals surface area (Å²) in [6.07, 6.45) is 6.96. The lowest BCUT2D eigenvalue weighted by Gasteiger charge is -2.25. The van der Waals surface area contributed by atoms with Crippen molar-refractivity contribution in [1.82, 2.24) is 10.2 Å². The fourth-order valence-electron chi connectivity index (χ4n) is 1.78. The monoisotopic (exact) mass is 240 g/mol. The van der Waals surface area contributed by atoms with E-state index in [0.29, 0.717) is 0 Å². The molecule has 0 heterocycles. The van der Waals surface area contributed by atoms with Crippen LogP contribution < -0.4 is 5.32 Å². The second-order valence-electron chi connectivity index (χ2n) is 4.55. The number of urea groups is 1. The van der Waals surface area contributed by atoms with Crippen LogP contribution in [0.25, 0.3) is 0 Å². The number of carboxylic acid groups (broad SMARTS) is 1. The van der Waals surface area contributed by atoms with Gasteiger partial charge in [0.2, 0.25) is 0 Å². The molecule has 0 radical (unpaired) electrons. The first-order valence-corrected chi connectivity index (χ1v) is 5.90. The smallest absolute Gasteiger partial charge is 0.317 e. The summed E-state index contributed by atoms with van der Waals surface area (Å²) < 4.78 is 0. The number of carbonyl (C=O) groups is 2. The van der Waals surface area contributed by atoms with Crippen LogP contribution in [0.2, 0.25) is 0 Å². The van der Waals surface area contributed by atoms with Crippen LogP contribution in [0.5, 0.6) is 0 Å². The molecule has 0 saturated carbocycles. The van der Waals surface area contributed by atoms with Crippen LogP contribution in [0.1, 0.15) is 26.2 Å². The fourth-order valence-corrected chi connectivity index (χ4v) is 1.78. The molecule has 0 spiro atoms. The minimum Gasteiger partial charge on any atom is -0.481 e. The Labute approximate surface area is 101 Å². The molecule has 5 heteroatoms. The van der Waals surface area contributed by atoms with Crippen molar-refractivity contribution in [3.63, 3.8) is 0 Å². The Bertz CT molecular complexity index is 315. The molecule has 0 saturated heterocycles. The zero-order valence-corrected chi connectivity index (χ0v) is 10.3. The first-order chi connectivity index (χ1) is 8.00. The third-order valence-electron chi connectivity index (χ3n) is 2.91. The second kappa shape index (κ2) is 6.27. The molecule has 2 unspecified atom stereocenters. The third-order valence-corrected chi connectivity index (χ3v) is 2.91. The molecule has 0 aliphatic heterocycles. The molecule has 5 nitrogen and oxygen atoms in total. The molecule has 0 aromatic heterocycles. The Balaban J connectivity index is 2.36. The van der Waals surface area contributed by atoms with Crippen LogP contribution in [0.4, 0.5) is 4.79 Å². The molecule has 1 aliphatic rings. The maximum Gasteiger partial charge on any atom is 0.317 e. The first kappa shape index (κ1) is 13.5. The van der Waals surface area contributed by atoms with Crippen molar-refractivity contribution in [2.24, 2.45) is 5.92 Å². The predicted octanol–water partition coefficient (Wildman–Crippen LogP) is 1.46. The number of allylic oxidation sites excluding steroid dienone is 1. The summed E-state index contributed by atoms with van der Waals surface area (Å²) in [6.45, 7) is 1.82. The van der Waals surface area contributed by atoms with Gasteiger partial charge in [0.1, 0.15) is 0 Å². The summed E-state index contributed by atoms with van der Waals surface area (Å²) in [7, 11) is 1.62. The van der Waals surface area contributed by atoms with E-state index in [0.717, 1.165) is 19.3 Å². The number of carbonyl (C=O) groups excluding carboxylic acids is 1. The van der Waals surface area contributed by atoms with E-state index in [1.807, 2.05) is 0 Å². The van der Waals surface area contributed by atoms with E-state index in [4.69, 9.17) is 5.11 Å². The van der Waals surface area contributed by atoms with Gasteiger partial charge in [-0.25, -0.2) is 4.79 Å². The van der Waals surface area contributed by atoms with Gasteiger partial charge in [0.05, 0.1) is 5.92 Å². The lowest BCUT2D eigenvalue weighted by atomic mass is 10.0. The summed E-state index contributed by atoms with van der Waals surface area (Å²) in [5.74, 6) is -1.43. The van der Waals surface area contributed by atoms with Crippen LogP contribution in [-0.4, -0.2) is 41.6 Å². The summed E-state index contributed by atoms with van der Waals surface area (Å²) in [6, 6.07) is -0.0199. The average molecular weight is 240 g/mol. The van der Waals surface area contributed by atoms with Gasteiger partial charge in [-0.1, -0.05) is 19.1 Å². The number of nitrogens with zero attached hydrogens (tertiary/aromatic N) is 1. The SMILES string of the molecule is CC(CN(C)C(=O)NC1CC=CCC1)C(=O)O. The largest absolute Gasteiger partial charge is 0.481 e. The molecule has 2 amide bonds. The van der Waals surface area contributed by atoms with Crippen LogP contribution in [0, 0.1) is 5.92 Å². The van der Waals surface area contributed by atoms with Crippen molar-refractivity contribution < 1.29 is 14.7 Å². The number of aliphatic carboxylic acids is 1. The van der Waals surface area contributed by atoms with Crippen molar-refractivity contribution >= 4 is 12.0 Å². The van der Waals surface area contributed by atoms with Crippen molar-refractivity contribution in [2.75, 3.05) is 13.6 Å². The molecule has 0 fully saturated rings. The van der Waals surface area contributed by atoms with Crippen molar-refractivity contribution in [3.8, 4) is 0 Å². The van der Waals surface area contributed by atoms with Crippen molar-refractivity contribution in [1.29, 1.82) is 0 Å². The van der Waals surface area contributed by atoms with Crippen LogP contribution in [-0.2, 0) is 4.79 Å². The van der Waals surface area contributed by atoms with E-state index in [1.165, 1.54) is 4.90 Å². The quantitative estimate of drug-likeness (QED) is 0.731.